The van der Waals surface area contributed by atoms with Crippen molar-refractivity contribution in [3.63, 3.8) is 0 Å². The summed E-state index contributed by atoms with van der Waals surface area (Å²) >= 11 is 0. The van der Waals surface area contributed by atoms with Crippen LogP contribution in [0.2, 0.25) is 0 Å². The lowest BCUT2D eigenvalue weighted by atomic mass is 9.49. The molecule has 5 aliphatic rings. The van der Waals surface area contributed by atoms with Crippen molar-refractivity contribution in [2.24, 2.45) is 23.2 Å². The van der Waals surface area contributed by atoms with Crippen molar-refractivity contribution in [2.75, 3.05) is 11.9 Å². The third-order valence-corrected chi connectivity index (χ3v) is 7.79. The number of hydrogen-bond acceptors (Lipinski definition) is 2. The first kappa shape index (κ1) is 19.9. The van der Waals surface area contributed by atoms with Crippen molar-refractivity contribution < 1.29 is 22.8 Å². The van der Waals surface area contributed by atoms with Crippen LogP contribution >= 0.6 is 0 Å². The highest BCUT2D eigenvalue weighted by Gasteiger charge is 2.56. The number of anilines is 1. The van der Waals surface area contributed by atoms with Gasteiger partial charge in [0.2, 0.25) is 11.8 Å². The van der Waals surface area contributed by atoms with Crippen LogP contribution in [-0.4, -0.2) is 29.3 Å². The van der Waals surface area contributed by atoms with E-state index in [9.17, 15) is 22.8 Å². The van der Waals surface area contributed by atoms with Crippen molar-refractivity contribution in [1.29, 1.82) is 0 Å². The molecular formula is C23H27F3N2O2. The normalized spacial score (nSPS) is 35.0. The lowest BCUT2D eigenvalue weighted by molar-refractivity contribution is -0.160. The van der Waals surface area contributed by atoms with Gasteiger partial charge < -0.3 is 10.2 Å². The quantitative estimate of drug-likeness (QED) is 0.760. The highest BCUT2D eigenvalue weighted by atomic mass is 19.4. The minimum absolute atomic E-state index is 0.145. The highest BCUT2D eigenvalue weighted by Crippen LogP contribution is 2.60. The molecule has 30 heavy (non-hydrogen) atoms. The number of carbonyl (C=O) groups is 2. The summed E-state index contributed by atoms with van der Waals surface area (Å²) in [5, 5.41) is 2.72. The van der Waals surface area contributed by atoms with Crippen molar-refractivity contribution in [1.82, 2.24) is 4.90 Å². The number of benzene rings is 1. The Labute approximate surface area is 174 Å². The molecule has 1 atom stereocenters. The van der Waals surface area contributed by atoms with Crippen LogP contribution in [0.15, 0.2) is 24.3 Å². The predicted octanol–water partition coefficient (Wildman–Crippen LogP) is 4.85. The molecule has 4 aliphatic carbocycles. The van der Waals surface area contributed by atoms with Crippen molar-refractivity contribution in [2.45, 2.75) is 63.6 Å². The van der Waals surface area contributed by atoms with Gasteiger partial charge in [-0.05, 0) is 93.4 Å². The second-order valence-corrected chi connectivity index (χ2v) is 9.92. The van der Waals surface area contributed by atoms with E-state index in [-0.39, 0.29) is 17.2 Å². The average molecular weight is 420 g/mol. The Morgan fingerprint density at radius 3 is 2.07 bits per heavy atom. The van der Waals surface area contributed by atoms with Crippen LogP contribution in [0.5, 0.6) is 0 Å². The zero-order valence-electron chi connectivity index (χ0n) is 16.9. The van der Waals surface area contributed by atoms with Crippen molar-refractivity contribution >= 4 is 17.5 Å². The van der Waals surface area contributed by atoms with Gasteiger partial charge in [-0.15, -0.1) is 0 Å². The lowest BCUT2D eigenvalue weighted by Gasteiger charge is -2.56. The van der Waals surface area contributed by atoms with Crippen LogP contribution in [-0.2, 0) is 15.8 Å². The van der Waals surface area contributed by atoms with Gasteiger partial charge in [0.1, 0.15) is 6.04 Å². The van der Waals surface area contributed by atoms with E-state index in [2.05, 4.69) is 5.32 Å². The third-order valence-electron chi connectivity index (χ3n) is 7.79. The van der Waals surface area contributed by atoms with Gasteiger partial charge >= 0.3 is 6.18 Å². The molecule has 4 saturated carbocycles. The summed E-state index contributed by atoms with van der Waals surface area (Å²) in [5.74, 6) is 1.81. The smallest absolute Gasteiger partial charge is 0.330 e. The number of likely N-dealkylation sites (tertiary alicyclic amines) is 1. The van der Waals surface area contributed by atoms with Crippen LogP contribution in [0.1, 0.15) is 56.9 Å². The van der Waals surface area contributed by atoms with E-state index in [0.29, 0.717) is 36.4 Å². The minimum Gasteiger partial charge on any atom is -0.330 e. The summed E-state index contributed by atoms with van der Waals surface area (Å²) in [6.07, 6.45) is 3.62. The fraction of sp³-hybridized carbons (Fsp3) is 0.652. The summed E-state index contributed by atoms with van der Waals surface area (Å²) in [4.78, 5) is 28.3. The summed E-state index contributed by atoms with van der Waals surface area (Å²) in [6, 6.07) is 3.92. The first-order valence-electron chi connectivity index (χ1n) is 11.0. The summed E-state index contributed by atoms with van der Waals surface area (Å²) in [6.45, 7) is 0.589. The summed E-state index contributed by atoms with van der Waals surface area (Å²) < 4.78 is 38.2. The van der Waals surface area contributed by atoms with E-state index in [4.69, 9.17) is 0 Å². The second kappa shape index (κ2) is 6.99. The molecule has 1 heterocycles. The fourth-order valence-electron chi connectivity index (χ4n) is 6.93. The standard InChI is InChI=1S/C23H27F3N2O2/c24-23(25,26)17-3-5-18(6-4-17)27-20(29)19-2-1-7-28(19)21(30)22-11-14-8-15(12-22)10-16(9-14)13-22/h3-6,14-16,19H,1-2,7-13H2,(H,27,29)/t14?,15?,16?,19-,22?/m0/s1. The number of rotatable bonds is 3. The summed E-state index contributed by atoms with van der Waals surface area (Å²) in [7, 11) is 0. The first-order chi connectivity index (χ1) is 14.2. The number of alkyl halides is 3. The maximum atomic E-state index is 13.6. The van der Waals surface area contributed by atoms with E-state index >= 15 is 0 Å². The van der Waals surface area contributed by atoms with Gasteiger partial charge in [0.15, 0.2) is 0 Å². The Morgan fingerprint density at radius 1 is 0.967 bits per heavy atom. The Balaban J connectivity index is 1.29. The molecule has 0 spiro atoms. The van der Waals surface area contributed by atoms with Crippen molar-refractivity contribution in [3.05, 3.63) is 29.8 Å². The first-order valence-corrected chi connectivity index (χ1v) is 11.0. The molecule has 7 heteroatoms. The number of nitrogens with zero attached hydrogens (tertiary/aromatic N) is 1. The molecule has 162 valence electrons. The molecule has 0 radical (unpaired) electrons. The summed E-state index contributed by atoms with van der Waals surface area (Å²) in [5.41, 5.74) is -0.714. The SMILES string of the molecule is O=C(Nc1ccc(C(F)(F)F)cc1)[C@@H]1CCCN1C(=O)C12CC3CC(CC(C3)C1)C2. The van der Waals surface area contributed by atoms with Gasteiger partial charge in [-0.25, -0.2) is 0 Å². The highest BCUT2D eigenvalue weighted by molar-refractivity contribution is 5.98. The molecule has 1 aromatic rings. The fourth-order valence-corrected chi connectivity index (χ4v) is 6.93. The largest absolute Gasteiger partial charge is 0.416 e. The molecule has 1 aliphatic heterocycles. The molecule has 0 unspecified atom stereocenters. The average Bonchev–Trinajstić information content (AvgIpc) is 3.16. The van der Waals surface area contributed by atoms with E-state index in [1.807, 2.05) is 0 Å². The molecule has 6 rings (SSSR count). The minimum atomic E-state index is -4.41. The van der Waals surface area contributed by atoms with Crippen LogP contribution in [0.4, 0.5) is 18.9 Å². The lowest BCUT2D eigenvalue weighted by Crippen LogP contribution is -2.56. The monoisotopic (exact) mass is 420 g/mol. The molecule has 4 nitrogen and oxygen atoms in total. The maximum absolute atomic E-state index is 13.6. The predicted molar refractivity (Wildman–Crippen MR) is 105 cm³/mol. The Bertz CT molecular complexity index is 814. The molecule has 4 bridgehead atoms. The van der Waals surface area contributed by atoms with Gasteiger partial charge in [-0.1, -0.05) is 0 Å². The van der Waals surface area contributed by atoms with Crippen LogP contribution in [0.25, 0.3) is 0 Å². The number of nitrogens with one attached hydrogen (secondary N) is 1. The van der Waals surface area contributed by atoms with E-state index in [1.54, 1.807) is 4.90 Å². The van der Waals surface area contributed by atoms with E-state index in [0.717, 1.165) is 37.8 Å². The number of halogens is 3. The molecule has 2 amide bonds. The molecule has 0 aromatic heterocycles. The molecule has 1 aromatic carbocycles. The zero-order valence-corrected chi connectivity index (χ0v) is 16.9. The van der Waals surface area contributed by atoms with Crippen LogP contribution in [0, 0.1) is 23.2 Å². The molecule has 1 N–H and O–H groups in total. The van der Waals surface area contributed by atoms with Gasteiger partial charge in [-0.2, -0.15) is 13.2 Å². The van der Waals surface area contributed by atoms with Gasteiger partial charge in [-0.3, -0.25) is 9.59 Å². The van der Waals surface area contributed by atoms with E-state index < -0.39 is 17.8 Å². The van der Waals surface area contributed by atoms with Gasteiger partial charge in [0, 0.05) is 12.2 Å². The number of hydrogen-bond donors (Lipinski definition) is 1. The topological polar surface area (TPSA) is 49.4 Å². The maximum Gasteiger partial charge on any atom is 0.416 e. The number of carbonyl (C=O) groups excluding carboxylic acids is 2. The molecule has 5 fully saturated rings. The molecule has 1 saturated heterocycles. The Morgan fingerprint density at radius 2 is 1.53 bits per heavy atom. The Kier molecular flexibility index (Phi) is 4.63. The number of amides is 2. The third kappa shape index (κ3) is 3.40. The molecular weight excluding hydrogens is 393 g/mol. The van der Waals surface area contributed by atoms with Gasteiger partial charge in [0.25, 0.3) is 0 Å². The van der Waals surface area contributed by atoms with Crippen LogP contribution < -0.4 is 5.32 Å². The van der Waals surface area contributed by atoms with E-state index in [1.165, 1.54) is 31.4 Å². The zero-order chi connectivity index (χ0) is 21.1. The van der Waals surface area contributed by atoms with Gasteiger partial charge in [0.05, 0.1) is 11.0 Å². The second-order valence-electron chi connectivity index (χ2n) is 9.92. The van der Waals surface area contributed by atoms with Crippen molar-refractivity contribution in [3.8, 4) is 0 Å². The Hall–Kier alpha value is -2.05. The van der Waals surface area contributed by atoms with Crippen LogP contribution in [0.3, 0.4) is 0 Å².